The molecule has 3 atom stereocenters. The summed E-state index contributed by atoms with van der Waals surface area (Å²) < 4.78 is 0. The fourth-order valence-corrected chi connectivity index (χ4v) is 5.35. The zero-order valence-electron chi connectivity index (χ0n) is 14.6. The first-order valence-electron chi connectivity index (χ1n) is 8.84. The maximum atomic E-state index is 11.5. The van der Waals surface area contributed by atoms with Crippen LogP contribution in [-0.2, 0) is 0 Å². The van der Waals surface area contributed by atoms with Gasteiger partial charge in [-0.15, -0.1) is 0 Å². The molecule has 1 nitrogen and oxygen atoms in total. The van der Waals surface area contributed by atoms with Crippen LogP contribution < -0.4 is 0 Å². The summed E-state index contributed by atoms with van der Waals surface area (Å²) in [5.74, 6) is 0.406. The van der Waals surface area contributed by atoms with Gasteiger partial charge in [-0.3, -0.25) is 0 Å². The molecule has 0 aliphatic heterocycles. The summed E-state index contributed by atoms with van der Waals surface area (Å²) in [6, 6.07) is 0. The molecular formula is C20H32O. The Morgan fingerprint density at radius 2 is 1.81 bits per heavy atom. The maximum absolute atomic E-state index is 11.5. The topological polar surface area (TPSA) is 20.2 Å². The number of aliphatic hydroxyl groups is 1. The van der Waals surface area contributed by atoms with E-state index >= 15 is 0 Å². The van der Waals surface area contributed by atoms with Crippen LogP contribution in [0.15, 0.2) is 22.8 Å². The van der Waals surface area contributed by atoms with Crippen molar-refractivity contribution < 1.29 is 5.11 Å². The van der Waals surface area contributed by atoms with Gasteiger partial charge in [-0.1, -0.05) is 44.9 Å². The standard InChI is InChI=1S/C20H32O/c1-14-7-6-10-19(5)11-12-20(21)15(2)8-9-16(13-17(14)19)18(20,3)4/h13,15,21H,6-12H2,1-5H3/b16-13-/t15-,19+,20-/m1/s1. The molecule has 0 radical (unpaired) electrons. The monoisotopic (exact) mass is 288 g/mol. The van der Waals surface area contributed by atoms with Gasteiger partial charge in [-0.2, -0.15) is 0 Å². The van der Waals surface area contributed by atoms with Crippen molar-refractivity contribution in [3.63, 3.8) is 0 Å². The summed E-state index contributed by atoms with van der Waals surface area (Å²) in [5.41, 5.74) is 4.36. The molecule has 0 aromatic carbocycles. The smallest absolute Gasteiger partial charge is 0.0761 e. The lowest BCUT2D eigenvalue weighted by Gasteiger charge is -2.55. The molecule has 2 bridgehead atoms. The number of fused-ring (bicyclic) bond motifs is 3. The average Bonchev–Trinajstić information content (AvgIpc) is 2.41. The van der Waals surface area contributed by atoms with Gasteiger partial charge in [-0.25, -0.2) is 0 Å². The first kappa shape index (κ1) is 15.3. The third-order valence-corrected chi connectivity index (χ3v) is 7.31. The molecule has 0 spiro atoms. The fraction of sp³-hybridized carbons (Fsp3) is 0.800. The quantitative estimate of drug-likeness (QED) is 0.632. The Kier molecular flexibility index (Phi) is 3.44. The van der Waals surface area contributed by atoms with Gasteiger partial charge in [0.2, 0.25) is 0 Å². The van der Waals surface area contributed by atoms with E-state index in [0.29, 0.717) is 5.92 Å². The van der Waals surface area contributed by atoms with Gasteiger partial charge in [0.15, 0.2) is 0 Å². The minimum Gasteiger partial charge on any atom is -0.389 e. The van der Waals surface area contributed by atoms with Crippen molar-refractivity contribution in [3.05, 3.63) is 22.8 Å². The molecule has 0 amide bonds. The van der Waals surface area contributed by atoms with Crippen molar-refractivity contribution >= 4 is 0 Å². The SMILES string of the molecule is CC1=C2/C=C3/CC[C@@H](C)[C@](O)(CC[C@]2(C)CCC1)C3(C)C. The molecule has 3 aliphatic carbocycles. The van der Waals surface area contributed by atoms with Crippen molar-refractivity contribution in [1.29, 1.82) is 0 Å². The highest BCUT2D eigenvalue weighted by Gasteiger charge is 2.53. The third kappa shape index (κ3) is 2.07. The highest BCUT2D eigenvalue weighted by Crippen LogP contribution is 2.58. The molecule has 118 valence electrons. The van der Waals surface area contributed by atoms with Crippen molar-refractivity contribution in [1.82, 2.24) is 0 Å². The van der Waals surface area contributed by atoms with E-state index in [2.05, 4.69) is 40.7 Å². The summed E-state index contributed by atoms with van der Waals surface area (Å²) in [7, 11) is 0. The lowest BCUT2D eigenvalue weighted by molar-refractivity contribution is -0.120. The predicted octanol–water partition coefficient (Wildman–Crippen LogP) is 5.40. The van der Waals surface area contributed by atoms with Gasteiger partial charge >= 0.3 is 0 Å². The second-order valence-electron chi connectivity index (χ2n) is 8.77. The van der Waals surface area contributed by atoms with E-state index < -0.39 is 5.60 Å². The highest BCUT2D eigenvalue weighted by atomic mass is 16.3. The van der Waals surface area contributed by atoms with Crippen LogP contribution in [0.5, 0.6) is 0 Å². The third-order valence-electron chi connectivity index (χ3n) is 7.31. The Morgan fingerprint density at radius 1 is 1.10 bits per heavy atom. The molecule has 21 heavy (non-hydrogen) atoms. The van der Waals surface area contributed by atoms with E-state index in [1.54, 1.807) is 11.1 Å². The number of rotatable bonds is 0. The Labute approximate surface area is 130 Å². The first-order valence-corrected chi connectivity index (χ1v) is 8.84. The first-order chi connectivity index (χ1) is 9.71. The van der Waals surface area contributed by atoms with Crippen LogP contribution in [0, 0.1) is 16.7 Å². The zero-order chi connectivity index (χ0) is 15.5. The van der Waals surface area contributed by atoms with Gasteiger partial charge in [-0.05, 0) is 68.8 Å². The predicted molar refractivity (Wildman–Crippen MR) is 89.1 cm³/mol. The highest BCUT2D eigenvalue weighted by molar-refractivity contribution is 5.40. The molecule has 1 fully saturated rings. The Bertz CT molecular complexity index is 510. The van der Waals surface area contributed by atoms with E-state index in [4.69, 9.17) is 0 Å². The maximum Gasteiger partial charge on any atom is 0.0761 e. The second kappa shape index (κ2) is 4.72. The van der Waals surface area contributed by atoms with Crippen molar-refractivity contribution in [2.45, 2.75) is 85.2 Å². The van der Waals surface area contributed by atoms with Crippen molar-refractivity contribution in [2.24, 2.45) is 16.7 Å². The molecule has 0 heterocycles. The fourth-order valence-electron chi connectivity index (χ4n) is 5.35. The van der Waals surface area contributed by atoms with Gasteiger partial charge in [0.25, 0.3) is 0 Å². The summed E-state index contributed by atoms with van der Waals surface area (Å²) in [4.78, 5) is 0. The summed E-state index contributed by atoms with van der Waals surface area (Å²) >= 11 is 0. The molecule has 0 aromatic rings. The summed E-state index contributed by atoms with van der Waals surface area (Å²) in [6.07, 6.45) is 10.7. The summed E-state index contributed by atoms with van der Waals surface area (Å²) in [6.45, 7) is 11.6. The zero-order valence-corrected chi connectivity index (χ0v) is 14.6. The van der Waals surface area contributed by atoms with Crippen molar-refractivity contribution in [3.8, 4) is 0 Å². The van der Waals surface area contributed by atoms with E-state index in [1.807, 2.05) is 0 Å². The van der Waals surface area contributed by atoms with E-state index in [1.165, 1.54) is 24.8 Å². The lowest BCUT2D eigenvalue weighted by atomic mass is 9.53. The van der Waals surface area contributed by atoms with Crippen LogP contribution in [0.25, 0.3) is 0 Å². The van der Waals surface area contributed by atoms with Gasteiger partial charge < -0.3 is 5.11 Å². The van der Waals surface area contributed by atoms with Crippen molar-refractivity contribution in [2.75, 3.05) is 0 Å². The molecule has 1 N–H and O–H groups in total. The molecule has 1 heteroatoms. The second-order valence-corrected chi connectivity index (χ2v) is 8.77. The average molecular weight is 288 g/mol. The Morgan fingerprint density at radius 3 is 2.52 bits per heavy atom. The lowest BCUT2D eigenvalue weighted by Crippen LogP contribution is -2.55. The number of allylic oxidation sites excluding steroid dienone is 3. The molecule has 3 aliphatic rings. The molecule has 0 saturated heterocycles. The van der Waals surface area contributed by atoms with Gasteiger partial charge in [0.1, 0.15) is 0 Å². The Hall–Kier alpha value is -0.560. The normalized spacial score (nSPS) is 45.2. The van der Waals surface area contributed by atoms with Crippen LogP contribution >= 0.6 is 0 Å². The molecule has 0 aromatic heterocycles. The van der Waals surface area contributed by atoms with Crippen LogP contribution in [-0.4, -0.2) is 10.7 Å². The molecule has 3 rings (SSSR count). The van der Waals surface area contributed by atoms with E-state index in [-0.39, 0.29) is 10.8 Å². The summed E-state index contributed by atoms with van der Waals surface area (Å²) in [5, 5.41) is 11.5. The number of hydrogen-bond donors (Lipinski definition) is 1. The van der Waals surface area contributed by atoms with Gasteiger partial charge in [0.05, 0.1) is 5.60 Å². The van der Waals surface area contributed by atoms with Crippen LogP contribution in [0.3, 0.4) is 0 Å². The van der Waals surface area contributed by atoms with E-state index in [0.717, 1.165) is 25.7 Å². The largest absolute Gasteiger partial charge is 0.389 e. The molecular weight excluding hydrogens is 256 g/mol. The minimum absolute atomic E-state index is 0.0866. The minimum atomic E-state index is -0.531. The molecule has 1 saturated carbocycles. The molecule has 0 unspecified atom stereocenters. The Balaban J connectivity index is 2.18. The van der Waals surface area contributed by atoms with Crippen LogP contribution in [0.1, 0.15) is 79.6 Å². The van der Waals surface area contributed by atoms with Crippen LogP contribution in [0.2, 0.25) is 0 Å². The van der Waals surface area contributed by atoms with Gasteiger partial charge in [0, 0.05) is 5.41 Å². The van der Waals surface area contributed by atoms with E-state index in [9.17, 15) is 5.11 Å². The van der Waals surface area contributed by atoms with Crippen LogP contribution in [0.4, 0.5) is 0 Å². The number of hydrogen-bond acceptors (Lipinski definition) is 1.